The molecule has 1 aliphatic heterocycles. The summed E-state index contributed by atoms with van der Waals surface area (Å²) in [5.41, 5.74) is 2.91. The number of anilines is 1. The molecule has 2 aromatic rings. The van der Waals surface area contributed by atoms with Gasteiger partial charge in [-0.15, -0.1) is 0 Å². The maximum Gasteiger partial charge on any atom is 0.182 e. The van der Waals surface area contributed by atoms with Crippen molar-refractivity contribution >= 4 is 29.2 Å². The minimum absolute atomic E-state index is 0.574. The second kappa shape index (κ2) is 4.74. The third-order valence-corrected chi connectivity index (χ3v) is 4.06. The van der Waals surface area contributed by atoms with E-state index in [0.29, 0.717) is 16.5 Å². The van der Waals surface area contributed by atoms with Gasteiger partial charge in [0.2, 0.25) is 0 Å². The Morgan fingerprint density at radius 3 is 3.00 bits per heavy atom. The first kappa shape index (κ1) is 11.7. The van der Waals surface area contributed by atoms with Crippen molar-refractivity contribution in [1.29, 1.82) is 0 Å². The molecule has 0 saturated heterocycles. The molecular weight excluding hydrogens is 268 g/mol. The molecule has 0 amide bonds. The molecule has 92 valence electrons. The highest BCUT2D eigenvalue weighted by Gasteiger charge is 2.20. The molecule has 4 nitrogen and oxygen atoms in total. The lowest BCUT2D eigenvalue weighted by molar-refractivity contribution is 1.06. The van der Waals surface area contributed by atoms with Gasteiger partial charge in [-0.25, -0.2) is 9.97 Å². The molecule has 0 fully saturated rings. The Morgan fingerprint density at radius 2 is 2.22 bits per heavy atom. The van der Waals surface area contributed by atoms with Gasteiger partial charge < -0.3 is 5.32 Å². The number of rotatable bonds is 2. The molecule has 18 heavy (non-hydrogen) atoms. The standard InChI is InChI=1S/C12H11ClN4S/c1-14-11-7-5-18-6-9(7)16-12(17-11)10-8(13)3-2-4-15-10/h2-4H,5-6H2,1H3,(H,14,16,17). The molecule has 0 aromatic carbocycles. The van der Waals surface area contributed by atoms with Crippen molar-refractivity contribution in [2.24, 2.45) is 0 Å². The molecule has 3 rings (SSSR count). The largest absolute Gasteiger partial charge is 0.373 e. The number of hydrogen-bond acceptors (Lipinski definition) is 5. The van der Waals surface area contributed by atoms with Gasteiger partial charge in [0.05, 0.1) is 10.7 Å². The fourth-order valence-corrected chi connectivity index (χ4v) is 3.16. The maximum absolute atomic E-state index is 6.14. The molecule has 3 heterocycles. The van der Waals surface area contributed by atoms with Crippen LogP contribution < -0.4 is 5.32 Å². The molecule has 0 unspecified atom stereocenters. The number of aromatic nitrogens is 3. The topological polar surface area (TPSA) is 50.7 Å². The Hall–Kier alpha value is -1.33. The van der Waals surface area contributed by atoms with Crippen molar-refractivity contribution in [2.75, 3.05) is 12.4 Å². The second-order valence-electron chi connectivity index (χ2n) is 3.90. The monoisotopic (exact) mass is 278 g/mol. The third kappa shape index (κ3) is 1.93. The molecule has 0 aliphatic carbocycles. The van der Waals surface area contributed by atoms with Crippen LogP contribution in [0.3, 0.4) is 0 Å². The number of pyridine rings is 1. The lowest BCUT2D eigenvalue weighted by Gasteiger charge is -2.09. The van der Waals surface area contributed by atoms with E-state index >= 15 is 0 Å². The van der Waals surface area contributed by atoms with E-state index in [4.69, 9.17) is 11.6 Å². The van der Waals surface area contributed by atoms with E-state index in [9.17, 15) is 0 Å². The Kier molecular flexibility index (Phi) is 3.09. The summed E-state index contributed by atoms with van der Waals surface area (Å²) in [5, 5.41) is 3.70. The predicted molar refractivity (Wildman–Crippen MR) is 74.8 cm³/mol. The zero-order chi connectivity index (χ0) is 12.5. The average Bonchev–Trinajstić information content (AvgIpc) is 2.86. The van der Waals surface area contributed by atoms with E-state index in [1.807, 2.05) is 18.8 Å². The predicted octanol–water partition coefficient (Wildman–Crippen LogP) is 2.98. The van der Waals surface area contributed by atoms with Crippen LogP contribution in [0.15, 0.2) is 18.3 Å². The maximum atomic E-state index is 6.14. The molecule has 2 aromatic heterocycles. The normalized spacial score (nSPS) is 13.4. The highest BCUT2D eigenvalue weighted by molar-refractivity contribution is 7.98. The first-order valence-electron chi connectivity index (χ1n) is 5.56. The molecule has 6 heteroatoms. The second-order valence-corrected chi connectivity index (χ2v) is 5.29. The summed E-state index contributed by atoms with van der Waals surface area (Å²) < 4.78 is 0. The quantitative estimate of drug-likeness (QED) is 0.915. The molecule has 0 saturated carbocycles. The fourth-order valence-electron chi connectivity index (χ4n) is 1.91. The first-order valence-corrected chi connectivity index (χ1v) is 7.09. The summed E-state index contributed by atoms with van der Waals surface area (Å²) in [5.74, 6) is 3.35. The Morgan fingerprint density at radius 1 is 1.33 bits per heavy atom. The van der Waals surface area contributed by atoms with Crippen molar-refractivity contribution in [2.45, 2.75) is 11.5 Å². The van der Waals surface area contributed by atoms with Crippen LogP contribution in [-0.4, -0.2) is 22.0 Å². The van der Waals surface area contributed by atoms with Crippen LogP contribution in [0.5, 0.6) is 0 Å². The van der Waals surface area contributed by atoms with Gasteiger partial charge in [0, 0.05) is 30.3 Å². The molecule has 0 spiro atoms. The smallest absolute Gasteiger partial charge is 0.182 e. The highest BCUT2D eigenvalue weighted by atomic mass is 35.5. The van der Waals surface area contributed by atoms with Gasteiger partial charge in [-0.1, -0.05) is 11.6 Å². The molecule has 0 radical (unpaired) electrons. The minimum Gasteiger partial charge on any atom is -0.373 e. The summed E-state index contributed by atoms with van der Waals surface area (Å²) >= 11 is 7.98. The zero-order valence-corrected chi connectivity index (χ0v) is 11.3. The van der Waals surface area contributed by atoms with Gasteiger partial charge in [0.25, 0.3) is 0 Å². The van der Waals surface area contributed by atoms with Gasteiger partial charge in [-0.3, -0.25) is 4.98 Å². The third-order valence-electron chi connectivity index (χ3n) is 2.79. The highest BCUT2D eigenvalue weighted by Crippen LogP contribution is 2.34. The van der Waals surface area contributed by atoms with Crippen LogP contribution >= 0.6 is 23.4 Å². The average molecular weight is 279 g/mol. The lowest BCUT2D eigenvalue weighted by atomic mass is 10.2. The SMILES string of the molecule is CNc1nc(-c2ncccc2Cl)nc2c1CSC2. The van der Waals surface area contributed by atoms with Crippen molar-refractivity contribution in [3.63, 3.8) is 0 Å². The van der Waals surface area contributed by atoms with Crippen LogP contribution in [0.25, 0.3) is 11.5 Å². The van der Waals surface area contributed by atoms with Crippen molar-refractivity contribution in [1.82, 2.24) is 15.0 Å². The summed E-state index contributed by atoms with van der Waals surface area (Å²) in [4.78, 5) is 13.3. The first-order chi connectivity index (χ1) is 8.79. The van der Waals surface area contributed by atoms with E-state index in [-0.39, 0.29) is 0 Å². The van der Waals surface area contributed by atoms with Crippen molar-refractivity contribution in [3.8, 4) is 11.5 Å². The summed E-state index contributed by atoms with van der Waals surface area (Å²) in [6.07, 6.45) is 1.70. The molecule has 0 bridgehead atoms. The summed E-state index contributed by atoms with van der Waals surface area (Å²) in [6, 6.07) is 3.60. The van der Waals surface area contributed by atoms with Crippen LogP contribution in [0, 0.1) is 0 Å². The number of nitrogens with one attached hydrogen (secondary N) is 1. The van der Waals surface area contributed by atoms with Gasteiger partial charge in [0.1, 0.15) is 11.5 Å². The van der Waals surface area contributed by atoms with E-state index in [0.717, 1.165) is 23.0 Å². The Balaban J connectivity index is 2.17. The van der Waals surface area contributed by atoms with Crippen LogP contribution in [0.1, 0.15) is 11.3 Å². The number of fused-ring (bicyclic) bond motifs is 1. The van der Waals surface area contributed by atoms with Gasteiger partial charge in [-0.2, -0.15) is 11.8 Å². The van der Waals surface area contributed by atoms with Crippen LogP contribution in [0.4, 0.5) is 5.82 Å². The zero-order valence-electron chi connectivity index (χ0n) is 9.77. The summed E-state index contributed by atoms with van der Waals surface area (Å²) in [6.45, 7) is 0. The van der Waals surface area contributed by atoms with Gasteiger partial charge in [-0.05, 0) is 12.1 Å². The number of hydrogen-bond donors (Lipinski definition) is 1. The van der Waals surface area contributed by atoms with Crippen molar-refractivity contribution < 1.29 is 0 Å². The molecule has 1 N–H and O–H groups in total. The van der Waals surface area contributed by atoms with E-state index < -0.39 is 0 Å². The van der Waals surface area contributed by atoms with Crippen molar-refractivity contribution in [3.05, 3.63) is 34.6 Å². The summed E-state index contributed by atoms with van der Waals surface area (Å²) in [7, 11) is 1.87. The van der Waals surface area contributed by atoms with Crippen LogP contribution in [-0.2, 0) is 11.5 Å². The number of nitrogens with zero attached hydrogens (tertiary/aromatic N) is 3. The Labute approximate surface area is 114 Å². The van der Waals surface area contributed by atoms with E-state index in [1.165, 1.54) is 5.56 Å². The number of thioether (sulfide) groups is 1. The minimum atomic E-state index is 0.574. The molecule has 1 aliphatic rings. The Bertz CT molecular complexity index is 603. The molecular formula is C12H11ClN4S. The fraction of sp³-hybridized carbons (Fsp3) is 0.250. The molecule has 0 atom stereocenters. The number of halogens is 1. The van der Waals surface area contributed by atoms with Gasteiger partial charge >= 0.3 is 0 Å². The van der Waals surface area contributed by atoms with E-state index in [1.54, 1.807) is 18.3 Å². The lowest BCUT2D eigenvalue weighted by Crippen LogP contribution is -2.04. The van der Waals surface area contributed by atoms with E-state index in [2.05, 4.69) is 20.3 Å². The van der Waals surface area contributed by atoms with Gasteiger partial charge in [0.15, 0.2) is 5.82 Å². The van der Waals surface area contributed by atoms with Crippen LogP contribution in [0.2, 0.25) is 5.02 Å².